The maximum absolute atomic E-state index is 15.0. The van der Waals surface area contributed by atoms with Crippen molar-refractivity contribution in [2.45, 2.75) is 62.3 Å². The van der Waals surface area contributed by atoms with E-state index in [4.69, 9.17) is 32.7 Å². The zero-order valence-electron chi connectivity index (χ0n) is 18.8. The van der Waals surface area contributed by atoms with Crippen LogP contribution in [0.25, 0.3) is 0 Å². The molecule has 0 spiro atoms. The number of hydrogen-bond donors (Lipinski definition) is 2. The van der Waals surface area contributed by atoms with E-state index < -0.39 is 22.6 Å². The van der Waals surface area contributed by atoms with Crippen LogP contribution in [0.15, 0.2) is 30.3 Å². The molecule has 0 aromatic heterocycles. The minimum atomic E-state index is -0.958. The van der Waals surface area contributed by atoms with Gasteiger partial charge >= 0.3 is 0 Å². The molecule has 182 valence electrons. The van der Waals surface area contributed by atoms with E-state index in [9.17, 15) is 4.79 Å². The molecule has 1 aliphatic heterocycles. The Morgan fingerprint density at radius 1 is 1.18 bits per heavy atom. The van der Waals surface area contributed by atoms with Crippen molar-refractivity contribution in [3.05, 3.63) is 62.9 Å². The van der Waals surface area contributed by atoms with Crippen LogP contribution in [-0.4, -0.2) is 35.3 Å². The number of piperidine rings is 1. The number of hydrogen-bond acceptors (Lipinski definition) is 4. The molecule has 2 saturated carbocycles. The van der Waals surface area contributed by atoms with Crippen molar-refractivity contribution in [2.75, 3.05) is 13.1 Å². The summed E-state index contributed by atoms with van der Waals surface area (Å²) in [5.74, 6) is -0.274. The van der Waals surface area contributed by atoms with Gasteiger partial charge in [0.2, 0.25) is 0 Å². The quantitative estimate of drug-likeness (QED) is 0.430. The van der Waals surface area contributed by atoms with Crippen LogP contribution in [-0.2, 0) is 17.4 Å². The lowest BCUT2D eigenvalue weighted by molar-refractivity contribution is 0.0833. The fraction of sp³-hybridized carbons (Fsp3) is 0.480. The lowest BCUT2D eigenvalue weighted by atomic mass is 10.0. The zero-order valence-corrected chi connectivity index (χ0v) is 21.1. The highest BCUT2D eigenvalue weighted by Crippen LogP contribution is 2.45. The number of nitrogens with one attached hydrogen (secondary N) is 2. The van der Waals surface area contributed by atoms with Crippen LogP contribution in [0.2, 0.25) is 10.0 Å². The number of benzene rings is 2. The summed E-state index contributed by atoms with van der Waals surface area (Å²) < 4.78 is 32.1. The minimum absolute atomic E-state index is 0.0123. The number of ether oxygens (including phenoxy) is 1. The average Bonchev–Trinajstić information content (AvgIpc) is 3.69. The van der Waals surface area contributed by atoms with Crippen LogP contribution in [0, 0.1) is 10.6 Å². The van der Waals surface area contributed by atoms with Gasteiger partial charge < -0.3 is 4.74 Å². The van der Waals surface area contributed by atoms with Gasteiger partial charge in [-0.2, -0.15) is 0 Å². The first-order chi connectivity index (χ1) is 16.4. The van der Waals surface area contributed by atoms with E-state index in [0.29, 0.717) is 34.8 Å². The van der Waals surface area contributed by atoms with Gasteiger partial charge in [-0.05, 0) is 85.6 Å². The molecule has 2 N–H and O–H groups in total. The average molecular weight is 524 g/mol. The van der Waals surface area contributed by atoms with Crippen LogP contribution in [0.3, 0.4) is 0 Å². The fourth-order valence-corrected chi connectivity index (χ4v) is 6.04. The lowest BCUT2D eigenvalue weighted by Gasteiger charge is -2.33. The number of amides is 1. The highest BCUT2D eigenvalue weighted by atomic mass is 35.5. The molecule has 1 saturated heterocycles. The van der Waals surface area contributed by atoms with Crippen molar-refractivity contribution in [1.29, 1.82) is 4.78 Å². The molecule has 1 amide bonds. The second-order valence-corrected chi connectivity index (χ2v) is 11.8. The number of halogens is 3. The molecule has 2 aromatic rings. The third-order valence-electron chi connectivity index (χ3n) is 6.62. The number of rotatable bonds is 8. The smallest absolute Gasteiger partial charge is 0.264 e. The van der Waals surface area contributed by atoms with Crippen LogP contribution in [0.1, 0.15) is 65.9 Å². The Bertz CT molecular complexity index is 1100. The Balaban J connectivity index is 1.30. The van der Waals surface area contributed by atoms with E-state index in [1.165, 1.54) is 6.07 Å². The van der Waals surface area contributed by atoms with Crippen molar-refractivity contribution in [3.8, 4) is 5.75 Å². The van der Waals surface area contributed by atoms with Crippen LogP contribution in [0.4, 0.5) is 4.39 Å². The number of carbonyl (C=O) groups excluding carboxylic acids is 1. The second kappa shape index (κ2) is 10.1. The Morgan fingerprint density at radius 2 is 1.91 bits per heavy atom. The maximum Gasteiger partial charge on any atom is 0.264 e. The molecule has 3 fully saturated rings. The van der Waals surface area contributed by atoms with E-state index in [2.05, 4.69) is 9.62 Å². The zero-order chi connectivity index (χ0) is 23.8. The fourth-order valence-electron chi connectivity index (χ4n) is 4.44. The van der Waals surface area contributed by atoms with Gasteiger partial charge in [0.05, 0.1) is 5.56 Å². The van der Waals surface area contributed by atoms with Gasteiger partial charge in [0.1, 0.15) is 17.7 Å². The van der Waals surface area contributed by atoms with Crippen molar-refractivity contribution in [3.63, 3.8) is 0 Å². The second-order valence-electron chi connectivity index (χ2n) is 9.43. The first-order valence-corrected chi connectivity index (χ1v) is 13.8. The SMILES string of the molecule is N=S(NC(=O)c1cc(C2CC2)c(OC2CCCN(Cc3c(Cl)cccc3Cl)C2)cc1F)C1CC1. The van der Waals surface area contributed by atoms with Gasteiger partial charge in [-0.3, -0.25) is 19.2 Å². The highest BCUT2D eigenvalue weighted by Gasteiger charge is 2.32. The Kier molecular flexibility index (Phi) is 7.17. The van der Waals surface area contributed by atoms with Gasteiger partial charge in [0, 0.05) is 40.0 Å². The van der Waals surface area contributed by atoms with Gasteiger partial charge in [-0.25, -0.2) is 4.39 Å². The maximum atomic E-state index is 15.0. The monoisotopic (exact) mass is 523 g/mol. The van der Waals surface area contributed by atoms with Crippen molar-refractivity contribution in [2.24, 2.45) is 0 Å². The molecule has 2 aromatic carbocycles. The summed E-state index contributed by atoms with van der Waals surface area (Å²) in [4.78, 5) is 14.9. The molecule has 0 bridgehead atoms. The molecule has 5 nitrogen and oxygen atoms in total. The topological polar surface area (TPSA) is 65.4 Å². The molecule has 1 heterocycles. The molecule has 0 radical (unpaired) electrons. The predicted octanol–water partition coefficient (Wildman–Crippen LogP) is 6.24. The number of nitrogens with zero attached hydrogens (tertiary/aromatic N) is 1. The van der Waals surface area contributed by atoms with Crippen molar-refractivity contribution >= 4 is 40.0 Å². The summed E-state index contributed by atoms with van der Waals surface area (Å²) >= 11 is 12.7. The Morgan fingerprint density at radius 3 is 2.59 bits per heavy atom. The summed E-state index contributed by atoms with van der Waals surface area (Å²) in [5, 5.41) is 1.52. The molecular weight excluding hydrogens is 496 g/mol. The Labute approximate surface area is 212 Å². The standard InChI is InChI=1S/C25H28Cl2FN3O2S/c26-21-4-1-5-22(27)20(21)14-31-10-2-3-16(13-31)33-24-12-23(28)19(11-18(24)15-6-7-15)25(32)30-34(29)17-8-9-17/h1,4-5,11-12,15-17H,2-3,6-10,13-14H2,(H2,29,30,32). The highest BCUT2D eigenvalue weighted by molar-refractivity contribution is 7.85. The Hall–Kier alpha value is -1.67. The first kappa shape index (κ1) is 24.0. The van der Waals surface area contributed by atoms with Gasteiger partial charge in [0.25, 0.3) is 5.91 Å². The largest absolute Gasteiger partial charge is 0.489 e. The van der Waals surface area contributed by atoms with E-state index in [0.717, 1.165) is 56.2 Å². The van der Waals surface area contributed by atoms with Gasteiger partial charge in [-0.15, -0.1) is 0 Å². The van der Waals surface area contributed by atoms with E-state index in [-0.39, 0.29) is 16.9 Å². The molecule has 5 rings (SSSR count). The molecule has 34 heavy (non-hydrogen) atoms. The molecule has 9 heteroatoms. The van der Waals surface area contributed by atoms with E-state index >= 15 is 4.39 Å². The van der Waals surface area contributed by atoms with Crippen molar-refractivity contribution < 1.29 is 13.9 Å². The minimum Gasteiger partial charge on any atom is -0.489 e. The van der Waals surface area contributed by atoms with Gasteiger partial charge in [0.15, 0.2) is 0 Å². The van der Waals surface area contributed by atoms with E-state index in [1.54, 1.807) is 6.07 Å². The normalized spacial score (nSPS) is 21.8. The third-order valence-corrected chi connectivity index (χ3v) is 8.87. The number of carbonyl (C=O) groups is 1. The first-order valence-electron chi connectivity index (χ1n) is 11.8. The molecule has 2 atom stereocenters. The predicted molar refractivity (Wildman–Crippen MR) is 134 cm³/mol. The van der Waals surface area contributed by atoms with Gasteiger partial charge in [-0.1, -0.05) is 29.3 Å². The van der Waals surface area contributed by atoms with Crippen LogP contribution < -0.4 is 9.46 Å². The molecular formula is C25H28Cl2FN3O2S. The number of likely N-dealkylation sites (tertiary alicyclic amines) is 1. The summed E-state index contributed by atoms with van der Waals surface area (Å²) in [6.07, 6.45) is 5.68. The van der Waals surface area contributed by atoms with E-state index in [1.807, 2.05) is 18.2 Å². The van der Waals surface area contributed by atoms with Crippen LogP contribution in [0.5, 0.6) is 5.75 Å². The third kappa shape index (κ3) is 5.59. The summed E-state index contributed by atoms with van der Waals surface area (Å²) in [5.41, 5.74) is 1.82. The van der Waals surface area contributed by atoms with Crippen molar-refractivity contribution in [1.82, 2.24) is 9.62 Å². The van der Waals surface area contributed by atoms with Crippen LogP contribution >= 0.6 is 23.2 Å². The lowest BCUT2D eigenvalue weighted by Crippen LogP contribution is -2.40. The summed E-state index contributed by atoms with van der Waals surface area (Å²) in [7, 11) is -0.958. The summed E-state index contributed by atoms with van der Waals surface area (Å²) in [6, 6.07) is 8.54. The molecule has 2 aliphatic carbocycles. The molecule has 2 unspecified atom stereocenters. The summed E-state index contributed by atoms with van der Waals surface area (Å²) in [6.45, 7) is 2.25. The molecule has 3 aliphatic rings.